The lowest BCUT2D eigenvalue weighted by Gasteiger charge is -2.38. The summed E-state index contributed by atoms with van der Waals surface area (Å²) in [5, 5.41) is 10.0. The third-order valence-electron chi connectivity index (χ3n) is 6.39. The van der Waals surface area contributed by atoms with E-state index in [1.807, 2.05) is 18.2 Å². The molecule has 3 aromatic carbocycles. The lowest BCUT2D eigenvalue weighted by molar-refractivity contribution is -0.141. The zero-order chi connectivity index (χ0) is 23.5. The van der Waals surface area contributed by atoms with E-state index >= 15 is 0 Å². The number of para-hydroxylation sites is 1. The first-order valence-corrected chi connectivity index (χ1v) is 12.3. The van der Waals surface area contributed by atoms with E-state index in [4.69, 9.17) is 4.74 Å². The van der Waals surface area contributed by atoms with Gasteiger partial charge < -0.3 is 9.84 Å². The summed E-state index contributed by atoms with van der Waals surface area (Å²) in [6, 6.07) is 24.6. The van der Waals surface area contributed by atoms with E-state index in [0.717, 1.165) is 16.7 Å². The summed E-state index contributed by atoms with van der Waals surface area (Å²) in [5.41, 5.74) is 3.38. The molecule has 0 amide bonds. The van der Waals surface area contributed by atoms with Crippen LogP contribution in [0.1, 0.15) is 18.4 Å². The van der Waals surface area contributed by atoms with E-state index in [1.165, 1.54) is 19.2 Å². The number of likely N-dealkylation sites (tertiary alicyclic amines) is 1. The number of carbonyl (C=O) groups is 1. The zero-order valence-electron chi connectivity index (χ0n) is 18.5. The smallest absolute Gasteiger partial charge is 0.325 e. The van der Waals surface area contributed by atoms with Crippen LogP contribution in [0.25, 0.3) is 11.1 Å². The Bertz CT molecular complexity index is 1220. The summed E-state index contributed by atoms with van der Waals surface area (Å²) < 4.78 is 30.3. The first-order chi connectivity index (χ1) is 15.9. The van der Waals surface area contributed by atoms with Gasteiger partial charge in [0.15, 0.2) is 14.6 Å². The van der Waals surface area contributed by atoms with Gasteiger partial charge >= 0.3 is 5.97 Å². The van der Waals surface area contributed by atoms with Crippen molar-refractivity contribution in [3.8, 4) is 16.9 Å². The minimum Gasteiger partial charge on any atom is -0.495 e. The van der Waals surface area contributed by atoms with Crippen LogP contribution in [0.2, 0.25) is 0 Å². The molecule has 0 aromatic heterocycles. The van der Waals surface area contributed by atoms with Gasteiger partial charge in [0.25, 0.3) is 0 Å². The molecule has 4 rings (SSSR count). The van der Waals surface area contributed by atoms with Gasteiger partial charge in [-0.1, -0.05) is 66.7 Å². The quantitative estimate of drug-likeness (QED) is 0.562. The number of nitrogens with zero attached hydrogens (tertiary/aromatic N) is 1. The van der Waals surface area contributed by atoms with E-state index in [1.54, 1.807) is 12.1 Å². The standard InChI is InChI=1S/C26H27NO5S/c1-32-23-9-5-6-10-24(23)33(30,31)26(25(28)29)15-17-27(18-16-26)19-20-11-13-22(14-12-20)21-7-3-2-4-8-21/h2-14H,15-19H2,1H3,(H,28,29). The largest absolute Gasteiger partial charge is 0.495 e. The van der Waals surface area contributed by atoms with Crippen molar-refractivity contribution >= 4 is 15.8 Å². The van der Waals surface area contributed by atoms with Crippen LogP contribution in [0.5, 0.6) is 5.75 Å². The number of carboxylic acids is 1. The Labute approximate surface area is 194 Å². The maximum atomic E-state index is 13.5. The minimum absolute atomic E-state index is 0.0187. The van der Waals surface area contributed by atoms with Crippen molar-refractivity contribution in [2.24, 2.45) is 0 Å². The number of ether oxygens (including phenoxy) is 1. The number of hydrogen-bond acceptors (Lipinski definition) is 5. The molecule has 7 heteroatoms. The molecule has 0 saturated carbocycles. The molecular formula is C26H27NO5S. The number of carboxylic acid groups (broad SMARTS) is 1. The molecule has 0 unspecified atom stereocenters. The van der Waals surface area contributed by atoms with Crippen molar-refractivity contribution in [1.29, 1.82) is 0 Å². The Morgan fingerprint density at radius 3 is 2.09 bits per heavy atom. The number of rotatable bonds is 7. The van der Waals surface area contributed by atoms with Crippen LogP contribution in [0.15, 0.2) is 83.8 Å². The Kier molecular flexibility index (Phi) is 6.54. The van der Waals surface area contributed by atoms with Gasteiger partial charge in [0, 0.05) is 19.6 Å². The number of sulfone groups is 1. The van der Waals surface area contributed by atoms with Gasteiger partial charge in [0.2, 0.25) is 0 Å². The number of hydrogen-bond donors (Lipinski definition) is 1. The molecule has 1 N–H and O–H groups in total. The van der Waals surface area contributed by atoms with Crippen molar-refractivity contribution in [3.63, 3.8) is 0 Å². The number of piperidine rings is 1. The SMILES string of the molecule is COc1ccccc1S(=O)(=O)C1(C(=O)O)CCN(Cc2ccc(-c3ccccc3)cc2)CC1. The van der Waals surface area contributed by atoms with E-state index in [-0.39, 0.29) is 23.5 Å². The second-order valence-corrected chi connectivity index (χ2v) is 10.5. The average Bonchev–Trinajstić information content (AvgIpc) is 2.85. The van der Waals surface area contributed by atoms with E-state index in [0.29, 0.717) is 19.6 Å². The molecule has 6 nitrogen and oxygen atoms in total. The van der Waals surface area contributed by atoms with Gasteiger partial charge in [-0.15, -0.1) is 0 Å². The normalized spacial score (nSPS) is 16.3. The van der Waals surface area contributed by atoms with E-state index in [9.17, 15) is 18.3 Å². The summed E-state index contributed by atoms with van der Waals surface area (Å²) >= 11 is 0. The highest BCUT2D eigenvalue weighted by Crippen LogP contribution is 2.39. The molecule has 0 atom stereocenters. The number of benzene rings is 3. The molecule has 1 aliphatic heterocycles. The first-order valence-electron chi connectivity index (χ1n) is 10.9. The van der Waals surface area contributed by atoms with Crippen molar-refractivity contribution in [2.75, 3.05) is 20.2 Å². The Morgan fingerprint density at radius 1 is 0.909 bits per heavy atom. The lowest BCUT2D eigenvalue weighted by atomic mass is 9.95. The van der Waals surface area contributed by atoms with Crippen LogP contribution >= 0.6 is 0 Å². The van der Waals surface area contributed by atoms with Crippen LogP contribution < -0.4 is 4.74 Å². The van der Waals surface area contributed by atoms with Crippen LogP contribution in [0.3, 0.4) is 0 Å². The zero-order valence-corrected chi connectivity index (χ0v) is 19.3. The number of methoxy groups -OCH3 is 1. The van der Waals surface area contributed by atoms with Gasteiger partial charge in [-0.3, -0.25) is 9.69 Å². The Hall–Kier alpha value is -3.16. The number of aliphatic carboxylic acids is 1. The van der Waals surface area contributed by atoms with Crippen LogP contribution in [0.4, 0.5) is 0 Å². The van der Waals surface area contributed by atoms with Crippen LogP contribution in [-0.4, -0.2) is 49.3 Å². The lowest BCUT2D eigenvalue weighted by Crippen LogP contribution is -2.54. The summed E-state index contributed by atoms with van der Waals surface area (Å²) in [6.45, 7) is 1.39. The molecule has 0 bridgehead atoms. The summed E-state index contributed by atoms with van der Waals surface area (Å²) in [6.07, 6.45) is 0.0373. The second kappa shape index (κ2) is 9.37. The van der Waals surface area contributed by atoms with Crippen LogP contribution in [-0.2, 0) is 21.2 Å². The topological polar surface area (TPSA) is 83.9 Å². The van der Waals surface area contributed by atoms with E-state index in [2.05, 4.69) is 41.3 Å². The van der Waals surface area contributed by atoms with Crippen molar-refractivity contribution in [1.82, 2.24) is 4.90 Å². The van der Waals surface area contributed by atoms with Crippen molar-refractivity contribution < 1.29 is 23.1 Å². The fraction of sp³-hybridized carbons (Fsp3) is 0.269. The van der Waals surface area contributed by atoms with Gasteiger partial charge in [-0.25, -0.2) is 8.42 Å². The van der Waals surface area contributed by atoms with E-state index < -0.39 is 20.6 Å². The first kappa shape index (κ1) is 23.0. The summed E-state index contributed by atoms with van der Waals surface area (Å²) in [7, 11) is -2.77. The van der Waals surface area contributed by atoms with Gasteiger partial charge in [-0.05, 0) is 41.7 Å². The third kappa shape index (κ3) is 4.38. The molecule has 0 radical (unpaired) electrons. The molecule has 33 heavy (non-hydrogen) atoms. The Balaban J connectivity index is 1.49. The van der Waals surface area contributed by atoms with Crippen molar-refractivity contribution in [3.05, 3.63) is 84.4 Å². The maximum Gasteiger partial charge on any atom is 0.325 e. The molecule has 1 saturated heterocycles. The predicted octanol–water partition coefficient (Wildman–Crippen LogP) is 4.26. The highest BCUT2D eigenvalue weighted by molar-refractivity contribution is 7.93. The maximum absolute atomic E-state index is 13.5. The molecule has 1 heterocycles. The predicted molar refractivity (Wildman–Crippen MR) is 127 cm³/mol. The highest BCUT2D eigenvalue weighted by atomic mass is 32.2. The summed E-state index contributed by atoms with van der Waals surface area (Å²) in [4.78, 5) is 14.3. The molecule has 0 spiro atoms. The molecule has 0 aliphatic carbocycles. The molecule has 172 valence electrons. The highest BCUT2D eigenvalue weighted by Gasteiger charge is 2.54. The monoisotopic (exact) mass is 465 g/mol. The molecule has 1 fully saturated rings. The van der Waals surface area contributed by atoms with Crippen molar-refractivity contribution in [2.45, 2.75) is 29.0 Å². The van der Waals surface area contributed by atoms with Gasteiger partial charge in [0.1, 0.15) is 10.6 Å². The van der Waals surface area contributed by atoms with Gasteiger partial charge in [0.05, 0.1) is 7.11 Å². The third-order valence-corrected chi connectivity index (χ3v) is 8.92. The molecular weight excluding hydrogens is 438 g/mol. The Morgan fingerprint density at radius 2 is 1.48 bits per heavy atom. The molecule has 3 aromatic rings. The fourth-order valence-corrected chi connectivity index (χ4v) is 6.46. The summed E-state index contributed by atoms with van der Waals surface area (Å²) in [5.74, 6) is -1.14. The minimum atomic E-state index is -4.15. The molecule has 1 aliphatic rings. The van der Waals surface area contributed by atoms with Gasteiger partial charge in [-0.2, -0.15) is 0 Å². The average molecular weight is 466 g/mol. The van der Waals surface area contributed by atoms with Crippen LogP contribution in [0, 0.1) is 0 Å². The fourth-order valence-electron chi connectivity index (χ4n) is 4.41. The second-order valence-electron chi connectivity index (χ2n) is 8.29.